The fourth-order valence-corrected chi connectivity index (χ4v) is 2.75. The number of nitrogens with zero attached hydrogens (tertiary/aromatic N) is 1. The molecule has 106 valence electrons. The second-order valence-corrected chi connectivity index (χ2v) is 5.57. The fourth-order valence-electron chi connectivity index (χ4n) is 2.75. The predicted octanol–water partition coefficient (Wildman–Crippen LogP) is 1.98. The van der Waals surface area contributed by atoms with Gasteiger partial charge in [-0.15, -0.1) is 0 Å². The monoisotopic (exact) mass is 262 g/mol. The van der Waals surface area contributed by atoms with Gasteiger partial charge in [-0.25, -0.2) is 0 Å². The van der Waals surface area contributed by atoms with E-state index < -0.39 is 0 Å². The van der Waals surface area contributed by atoms with E-state index in [9.17, 15) is 0 Å². The fraction of sp³-hybridized carbons (Fsp3) is 0.625. The number of ether oxygens (including phenoxy) is 1. The molecule has 0 amide bonds. The van der Waals surface area contributed by atoms with E-state index >= 15 is 0 Å². The second-order valence-electron chi connectivity index (χ2n) is 5.57. The summed E-state index contributed by atoms with van der Waals surface area (Å²) in [5.74, 6) is 0. The number of hydrogen-bond acceptors (Lipinski definition) is 3. The van der Waals surface area contributed by atoms with Crippen LogP contribution in [-0.4, -0.2) is 43.3 Å². The van der Waals surface area contributed by atoms with Crippen molar-refractivity contribution in [1.29, 1.82) is 0 Å². The van der Waals surface area contributed by atoms with Gasteiger partial charge in [-0.05, 0) is 31.9 Å². The Balaban J connectivity index is 1.90. The Hall–Kier alpha value is -0.900. The lowest BCUT2D eigenvalue weighted by molar-refractivity contribution is -0.0400. The van der Waals surface area contributed by atoms with Crippen molar-refractivity contribution in [2.45, 2.75) is 38.8 Å². The highest BCUT2D eigenvalue weighted by molar-refractivity contribution is 5.23. The van der Waals surface area contributed by atoms with Gasteiger partial charge in [0.2, 0.25) is 0 Å². The maximum atomic E-state index is 6.34. The van der Waals surface area contributed by atoms with Crippen molar-refractivity contribution in [1.82, 2.24) is 4.90 Å². The largest absolute Gasteiger partial charge is 0.374 e. The van der Waals surface area contributed by atoms with Crippen LogP contribution < -0.4 is 5.73 Å². The third kappa shape index (κ3) is 4.30. The molecule has 1 fully saturated rings. The zero-order valence-corrected chi connectivity index (χ0v) is 12.1. The summed E-state index contributed by atoms with van der Waals surface area (Å²) in [5.41, 5.74) is 8.94. The number of hydrogen-bond donors (Lipinski definition) is 1. The number of nitrogens with two attached hydrogens (primary N) is 1. The zero-order valence-electron chi connectivity index (χ0n) is 12.1. The first-order valence-electron chi connectivity index (χ1n) is 7.34. The molecule has 3 nitrogen and oxygen atoms in total. The summed E-state index contributed by atoms with van der Waals surface area (Å²) in [5, 5.41) is 0. The number of rotatable bonds is 5. The molecular weight excluding hydrogens is 236 g/mol. The van der Waals surface area contributed by atoms with Gasteiger partial charge in [-0.3, -0.25) is 4.90 Å². The Kier molecular flexibility index (Phi) is 5.37. The average molecular weight is 262 g/mol. The second kappa shape index (κ2) is 7.04. The normalized spacial score (nSPS) is 22.4. The molecule has 1 aromatic rings. The Morgan fingerprint density at radius 1 is 1.47 bits per heavy atom. The minimum Gasteiger partial charge on any atom is -0.374 e. The minimum absolute atomic E-state index is 0.0847. The molecule has 0 aliphatic carbocycles. The van der Waals surface area contributed by atoms with E-state index in [4.69, 9.17) is 10.5 Å². The summed E-state index contributed by atoms with van der Waals surface area (Å²) in [6, 6.07) is 8.67. The molecular formula is C16H26N2O. The predicted molar refractivity (Wildman–Crippen MR) is 79.3 cm³/mol. The van der Waals surface area contributed by atoms with Gasteiger partial charge in [0.1, 0.15) is 0 Å². The molecule has 19 heavy (non-hydrogen) atoms. The van der Waals surface area contributed by atoms with E-state index in [2.05, 4.69) is 43.0 Å². The molecule has 3 heteroatoms. The molecule has 2 atom stereocenters. The van der Waals surface area contributed by atoms with Crippen LogP contribution in [0.4, 0.5) is 0 Å². The summed E-state index contributed by atoms with van der Waals surface area (Å²) in [6.45, 7) is 8.32. The van der Waals surface area contributed by atoms with E-state index in [-0.39, 0.29) is 12.1 Å². The molecule has 0 spiro atoms. The third-order valence-corrected chi connectivity index (χ3v) is 3.75. The molecule has 2 rings (SSSR count). The topological polar surface area (TPSA) is 38.5 Å². The number of aryl methyl sites for hydroxylation is 1. The van der Waals surface area contributed by atoms with Crippen LogP contribution in [0.25, 0.3) is 0 Å². The molecule has 1 aliphatic heterocycles. The highest BCUT2D eigenvalue weighted by atomic mass is 16.5. The van der Waals surface area contributed by atoms with E-state index in [0.717, 1.165) is 32.7 Å². The molecule has 1 aromatic carbocycles. The average Bonchev–Trinajstić information content (AvgIpc) is 2.39. The number of benzene rings is 1. The molecule has 0 saturated carbocycles. The van der Waals surface area contributed by atoms with Crippen LogP contribution in [0, 0.1) is 6.92 Å². The lowest BCUT2D eigenvalue weighted by Gasteiger charge is -2.35. The van der Waals surface area contributed by atoms with E-state index in [1.165, 1.54) is 17.5 Å². The third-order valence-electron chi connectivity index (χ3n) is 3.75. The molecule has 0 radical (unpaired) electrons. The maximum absolute atomic E-state index is 6.34. The van der Waals surface area contributed by atoms with Gasteiger partial charge in [0.15, 0.2) is 0 Å². The van der Waals surface area contributed by atoms with Gasteiger partial charge in [0.05, 0.1) is 12.7 Å². The Morgan fingerprint density at radius 2 is 2.32 bits per heavy atom. The van der Waals surface area contributed by atoms with E-state index in [1.54, 1.807) is 0 Å². The zero-order chi connectivity index (χ0) is 13.7. The first kappa shape index (κ1) is 14.5. The summed E-state index contributed by atoms with van der Waals surface area (Å²) in [7, 11) is 0. The van der Waals surface area contributed by atoms with Gasteiger partial charge in [-0.2, -0.15) is 0 Å². The first-order valence-corrected chi connectivity index (χ1v) is 7.34. The first-order chi connectivity index (χ1) is 9.19. The Morgan fingerprint density at radius 3 is 3.05 bits per heavy atom. The van der Waals surface area contributed by atoms with Gasteiger partial charge in [0.25, 0.3) is 0 Å². The summed E-state index contributed by atoms with van der Waals surface area (Å²) in [6.07, 6.45) is 2.26. The molecule has 0 aromatic heterocycles. The van der Waals surface area contributed by atoms with Gasteiger partial charge >= 0.3 is 0 Å². The maximum Gasteiger partial charge on any atom is 0.0856 e. The Bertz CT molecular complexity index is 392. The van der Waals surface area contributed by atoms with Crippen molar-refractivity contribution in [3.8, 4) is 0 Å². The molecule has 1 saturated heterocycles. The Labute approximate surface area is 116 Å². The quantitative estimate of drug-likeness (QED) is 0.882. The van der Waals surface area contributed by atoms with Crippen LogP contribution in [0.3, 0.4) is 0 Å². The van der Waals surface area contributed by atoms with Gasteiger partial charge < -0.3 is 10.5 Å². The summed E-state index contributed by atoms with van der Waals surface area (Å²) >= 11 is 0. The molecule has 1 aliphatic rings. The molecule has 2 unspecified atom stereocenters. The van der Waals surface area contributed by atoms with Crippen LogP contribution in [0.2, 0.25) is 0 Å². The molecule has 1 heterocycles. The van der Waals surface area contributed by atoms with Crippen molar-refractivity contribution < 1.29 is 4.74 Å². The summed E-state index contributed by atoms with van der Waals surface area (Å²) < 4.78 is 5.85. The van der Waals surface area contributed by atoms with Gasteiger partial charge in [-0.1, -0.05) is 36.8 Å². The molecule has 0 bridgehead atoms. The lowest BCUT2D eigenvalue weighted by Crippen LogP contribution is -2.51. The van der Waals surface area contributed by atoms with Crippen molar-refractivity contribution in [2.24, 2.45) is 5.73 Å². The van der Waals surface area contributed by atoms with Crippen molar-refractivity contribution in [3.63, 3.8) is 0 Å². The van der Waals surface area contributed by atoms with Crippen molar-refractivity contribution >= 4 is 0 Å². The van der Waals surface area contributed by atoms with Crippen LogP contribution in [0.15, 0.2) is 24.3 Å². The van der Waals surface area contributed by atoms with Gasteiger partial charge in [0, 0.05) is 19.1 Å². The highest BCUT2D eigenvalue weighted by Gasteiger charge is 2.25. The minimum atomic E-state index is 0.0847. The van der Waals surface area contributed by atoms with Crippen LogP contribution in [0.5, 0.6) is 0 Å². The van der Waals surface area contributed by atoms with Crippen LogP contribution in [0.1, 0.15) is 24.5 Å². The standard InChI is InChI=1S/C16H26N2O/c1-3-7-18-8-9-19-16(12-18)15(17)11-14-6-4-5-13(2)10-14/h4-6,10,15-16H,3,7-9,11-12,17H2,1-2H3. The SMILES string of the molecule is CCCN1CCOC(C(N)Cc2cccc(C)c2)C1. The molecule has 2 N–H and O–H groups in total. The lowest BCUT2D eigenvalue weighted by atomic mass is 9.99. The van der Waals surface area contributed by atoms with Crippen LogP contribution in [-0.2, 0) is 11.2 Å². The summed E-state index contributed by atoms with van der Waals surface area (Å²) in [4.78, 5) is 2.46. The van der Waals surface area contributed by atoms with E-state index in [0.29, 0.717) is 0 Å². The highest BCUT2D eigenvalue weighted by Crippen LogP contribution is 2.13. The number of morpholine rings is 1. The van der Waals surface area contributed by atoms with Crippen molar-refractivity contribution in [2.75, 3.05) is 26.2 Å². The smallest absolute Gasteiger partial charge is 0.0856 e. The van der Waals surface area contributed by atoms with E-state index in [1.807, 2.05) is 0 Å². The van der Waals surface area contributed by atoms with Crippen molar-refractivity contribution in [3.05, 3.63) is 35.4 Å². The van der Waals surface area contributed by atoms with Crippen LogP contribution >= 0.6 is 0 Å².